The van der Waals surface area contributed by atoms with Crippen molar-refractivity contribution < 1.29 is 18.8 Å². The molecule has 0 saturated carbocycles. The van der Waals surface area contributed by atoms with Gasteiger partial charge < -0.3 is 18.9 Å². The van der Waals surface area contributed by atoms with E-state index in [9.17, 15) is 4.79 Å². The van der Waals surface area contributed by atoms with E-state index in [1.807, 2.05) is 41.3 Å². The minimum absolute atomic E-state index is 0.0458. The molecule has 3 aromatic rings. The van der Waals surface area contributed by atoms with Gasteiger partial charge in [-0.25, -0.2) is 0 Å². The third kappa shape index (κ3) is 2.87. The minimum atomic E-state index is 0.0458. The van der Waals surface area contributed by atoms with Gasteiger partial charge in [-0.2, -0.15) is 0 Å². The molecule has 6 heteroatoms. The molecule has 2 heterocycles. The molecular weight excluding hydrogens is 332 g/mol. The van der Waals surface area contributed by atoms with Crippen LogP contribution in [0.1, 0.15) is 16.8 Å². The lowest BCUT2D eigenvalue weighted by molar-refractivity contribution is -0.131. The number of hydrogen-bond donors (Lipinski definition) is 0. The zero-order valence-corrected chi connectivity index (χ0v) is 14.8. The zero-order chi connectivity index (χ0) is 18.1. The SMILES string of the molecule is COc1cc2c(cc1OC)CN(C(=O)Cc1noc3ccccc13)CC2. The van der Waals surface area contributed by atoms with Gasteiger partial charge in [0.25, 0.3) is 0 Å². The molecule has 1 aromatic heterocycles. The van der Waals surface area contributed by atoms with Crippen LogP contribution >= 0.6 is 0 Å². The molecule has 0 fully saturated rings. The van der Waals surface area contributed by atoms with E-state index in [1.54, 1.807) is 14.2 Å². The van der Waals surface area contributed by atoms with Crippen LogP contribution in [0.2, 0.25) is 0 Å². The van der Waals surface area contributed by atoms with Crippen molar-refractivity contribution in [2.45, 2.75) is 19.4 Å². The number of carbonyl (C=O) groups is 1. The van der Waals surface area contributed by atoms with Crippen molar-refractivity contribution in [1.29, 1.82) is 0 Å². The molecule has 0 unspecified atom stereocenters. The summed E-state index contributed by atoms with van der Waals surface area (Å²) in [6.45, 7) is 1.24. The lowest BCUT2D eigenvalue weighted by Crippen LogP contribution is -2.37. The molecule has 1 amide bonds. The first-order chi connectivity index (χ1) is 12.7. The number of nitrogens with zero attached hydrogens (tertiary/aromatic N) is 2. The number of aromatic nitrogens is 1. The van der Waals surface area contributed by atoms with Crippen molar-refractivity contribution in [2.24, 2.45) is 0 Å². The predicted molar refractivity (Wildman–Crippen MR) is 96.4 cm³/mol. The Labute approximate surface area is 151 Å². The number of carbonyl (C=O) groups excluding carboxylic acids is 1. The summed E-state index contributed by atoms with van der Waals surface area (Å²) in [7, 11) is 3.25. The normalized spacial score (nSPS) is 13.5. The van der Waals surface area contributed by atoms with Gasteiger partial charge >= 0.3 is 0 Å². The molecule has 0 aliphatic carbocycles. The summed E-state index contributed by atoms with van der Waals surface area (Å²) in [4.78, 5) is 14.6. The van der Waals surface area contributed by atoms with E-state index in [0.29, 0.717) is 30.1 Å². The van der Waals surface area contributed by atoms with Gasteiger partial charge in [0.1, 0.15) is 5.69 Å². The van der Waals surface area contributed by atoms with E-state index < -0.39 is 0 Å². The van der Waals surface area contributed by atoms with Crippen molar-refractivity contribution in [2.75, 3.05) is 20.8 Å². The summed E-state index contributed by atoms with van der Waals surface area (Å²) < 4.78 is 16.0. The molecular formula is C20H20N2O4. The summed E-state index contributed by atoms with van der Waals surface area (Å²) in [6, 6.07) is 11.6. The van der Waals surface area contributed by atoms with Crippen LogP contribution in [0.15, 0.2) is 40.9 Å². The number of benzene rings is 2. The first-order valence-corrected chi connectivity index (χ1v) is 8.54. The van der Waals surface area contributed by atoms with Crippen LogP contribution in [0.3, 0.4) is 0 Å². The summed E-state index contributed by atoms with van der Waals surface area (Å²) >= 11 is 0. The minimum Gasteiger partial charge on any atom is -0.493 e. The van der Waals surface area contributed by atoms with Gasteiger partial charge in [0, 0.05) is 18.5 Å². The van der Waals surface area contributed by atoms with Crippen molar-refractivity contribution >= 4 is 16.9 Å². The molecule has 0 saturated heterocycles. The third-order valence-electron chi connectivity index (χ3n) is 4.84. The Bertz CT molecular complexity index is 964. The number of amides is 1. The average Bonchev–Trinajstić information content (AvgIpc) is 3.09. The molecule has 2 aromatic carbocycles. The number of hydrogen-bond acceptors (Lipinski definition) is 5. The molecule has 0 N–H and O–H groups in total. The maximum Gasteiger partial charge on any atom is 0.229 e. The fourth-order valence-electron chi connectivity index (χ4n) is 3.42. The van der Waals surface area contributed by atoms with Gasteiger partial charge in [-0.05, 0) is 41.8 Å². The van der Waals surface area contributed by atoms with Gasteiger partial charge in [-0.3, -0.25) is 4.79 Å². The topological polar surface area (TPSA) is 64.8 Å². The van der Waals surface area contributed by atoms with E-state index in [-0.39, 0.29) is 12.3 Å². The largest absolute Gasteiger partial charge is 0.493 e. The van der Waals surface area contributed by atoms with Gasteiger partial charge in [0.15, 0.2) is 17.1 Å². The van der Waals surface area contributed by atoms with Crippen LogP contribution in [0.4, 0.5) is 0 Å². The second-order valence-corrected chi connectivity index (χ2v) is 6.34. The number of ether oxygens (including phenoxy) is 2. The third-order valence-corrected chi connectivity index (χ3v) is 4.84. The Kier molecular flexibility index (Phi) is 4.24. The number of methoxy groups -OCH3 is 2. The molecule has 0 bridgehead atoms. The molecule has 1 aliphatic heterocycles. The highest BCUT2D eigenvalue weighted by atomic mass is 16.5. The van der Waals surface area contributed by atoms with E-state index in [1.165, 1.54) is 5.56 Å². The lowest BCUT2D eigenvalue weighted by Gasteiger charge is -2.29. The zero-order valence-electron chi connectivity index (χ0n) is 14.8. The average molecular weight is 352 g/mol. The van der Waals surface area contributed by atoms with Crippen LogP contribution in [0.5, 0.6) is 11.5 Å². The lowest BCUT2D eigenvalue weighted by atomic mass is 9.98. The fraction of sp³-hybridized carbons (Fsp3) is 0.300. The Morgan fingerprint density at radius 1 is 1.15 bits per heavy atom. The van der Waals surface area contributed by atoms with E-state index >= 15 is 0 Å². The molecule has 0 radical (unpaired) electrons. The van der Waals surface area contributed by atoms with E-state index in [2.05, 4.69) is 5.16 Å². The fourth-order valence-corrected chi connectivity index (χ4v) is 3.42. The number of para-hydroxylation sites is 1. The van der Waals surface area contributed by atoms with E-state index in [4.69, 9.17) is 14.0 Å². The monoisotopic (exact) mass is 352 g/mol. The summed E-state index contributed by atoms with van der Waals surface area (Å²) in [5, 5.41) is 4.96. The molecule has 0 atom stereocenters. The Hall–Kier alpha value is -3.02. The molecule has 0 spiro atoms. The smallest absolute Gasteiger partial charge is 0.229 e. The van der Waals surface area contributed by atoms with Crippen molar-refractivity contribution in [3.63, 3.8) is 0 Å². The maximum absolute atomic E-state index is 12.8. The summed E-state index contributed by atoms with van der Waals surface area (Å²) in [5.74, 6) is 1.45. The first kappa shape index (κ1) is 16.4. The van der Waals surface area contributed by atoms with Gasteiger partial charge in [-0.1, -0.05) is 17.3 Å². The van der Waals surface area contributed by atoms with Gasteiger partial charge in [0.05, 0.1) is 20.6 Å². The Balaban J connectivity index is 1.54. The van der Waals surface area contributed by atoms with Crippen LogP contribution in [-0.4, -0.2) is 36.7 Å². The van der Waals surface area contributed by atoms with Crippen LogP contribution in [-0.2, 0) is 24.2 Å². The number of rotatable bonds is 4. The Morgan fingerprint density at radius 2 is 1.88 bits per heavy atom. The summed E-state index contributed by atoms with van der Waals surface area (Å²) in [5.41, 5.74) is 3.67. The molecule has 26 heavy (non-hydrogen) atoms. The predicted octanol–water partition coefficient (Wildman–Crippen LogP) is 2.97. The molecule has 6 nitrogen and oxygen atoms in total. The highest BCUT2D eigenvalue weighted by Gasteiger charge is 2.24. The van der Waals surface area contributed by atoms with Crippen molar-refractivity contribution in [1.82, 2.24) is 10.1 Å². The summed E-state index contributed by atoms with van der Waals surface area (Å²) in [6.07, 6.45) is 1.03. The van der Waals surface area contributed by atoms with Gasteiger partial charge in [0.2, 0.25) is 5.91 Å². The van der Waals surface area contributed by atoms with Crippen LogP contribution < -0.4 is 9.47 Å². The first-order valence-electron chi connectivity index (χ1n) is 8.54. The highest BCUT2D eigenvalue weighted by molar-refractivity contribution is 5.86. The van der Waals surface area contributed by atoms with Crippen LogP contribution in [0, 0.1) is 0 Å². The van der Waals surface area contributed by atoms with E-state index in [0.717, 1.165) is 23.1 Å². The highest BCUT2D eigenvalue weighted by Crippen LogP contribution is 2.33. The molecule has 1 aliphatic rings. The van der Waals surface area contributed by atoms with Gasteiger partial charge in [-0.15, -0.1) is 0 Å². The maximum atomic E-state index is 12.8. The van der Waals surface area contributed by atoms with Crippen molar-refractivity contribution in [3.05, 3.63) is 53.2 Å². The quantitative estimate of drug-likeness (QED) is 0.722. The molecule has 134 valence electrons. The second-order valence-electron chi connectivity index (χ2n) is 6.34. The van der Waals surface area contributed by atoms with Crippen molar-refractivity contribution in [3.8, 4) is 11.5 Å². The molecule has 4 rings (SSSR count). The Morgan fingerprint density at radius 3 is 2.65 bits per heavy atom. The van der Waals surface area contributed by atoms with Crippen LogP contribution in [0.25, 0.3) is 11.0 Å². The second kappa shape index (κ2) is 6.71. The number of fused-ring (bicyclic) bond motifs is 2. The standard InChI is InChI=1S/C20H20N2O4/c1-24-18-9-13-7-8-22(12-14(13)10-19(18)25-2)20(23)11-16-15-5-3-4-6-17(15)26-21-16/h3-6,9-10H,7-8,11-12H2,1-2H3.